The average molecular weight is 247 g/mol. The minimum Gasteiger partial charge on any atom is -0.383 e. The molecule has 1 aromatic heterocycles. The van der Waals surface area contributed by atoms with Crippen molar-refractivity contribution in [3.8, 4) is 0 Å². The van der Waals surface area contributed by atoms with Gasteiger partial charge in [-0.1, -0.05) is 12.1 Å². The lowest BCUT2D eigenvalue weighted by Crippen LogP contribution is -2.08. The van der Waals surface area contributed by atoms with Crippen LogP contribution in [0.25, 0.3) is 10.9 Å². The Labute approximate surface area is 104 Å². The number of nitrogens with zero attached hydrogens (tertiary/aromatic N) is 2. The third-order valence-electron chi connectivity index (χ3n) is 2.57. The van der Waals surface area contributed by atoms with Gasteiger partial charge in [0, 0.05) is 37.0 Å². The normalized spacial score (nSPS) is 10.5. The highest BCUT2D eigenvalue weighted by atomic mass is 16.6. The van der Waals surface area contributed by atoms with Crippen molar-refractivity contribution in [3.63, 3.8) is 0 Å². The number of methoxy groups -OCH3 is 1. The molecule has 2 aromatic rings. The molecule has 6 nitrogen and oxygen atoms in total. The van der Waals surface area contributed by atoms with Crippen LogP contribution in [-0.4, -0.2) is 30.2 Å². The zero-order valence-corrected chi connectivity index (χ0v) is 9.92. The molecule has 1 aromatic carbocycles. The van der Waals surface area contributed by atoms with Gasteiger partial charge in [-0.05, 0) is 6.07 Å². The molecule has 1 N–H and O–H groups in total. The molecule has 0 saturated carbocycles. The Balaban J connectivity index is 2.43. The van der Waals surface area contributed by atoms with Gasteiger partial charge in [0.05, 0.1) is 11.5 Å². The molecule has 0 atom stereocenters. The van der Waals surface area contributed by atoms with Crippen LogP contribution in [0.2, 0.25) is 0 Å². The number of para-hydroxylation sites is 1. The van der Waals surface area contributed by atoms with E-state index in [1.807, 2.05) is 6.07 Å². The van der Waals surface area contributed by atoms with Gasteiger partial charge in [-0.15, -0.1) is 0 Å². The van der Waals surface area contributed by atoms with Gasteiger partial charge in [0.1, 0.15) is 5.52 Å². The number of pyridine rings is 1. The first-order valence-corrected chi connectivity index (χ1v) is 5.49. The lowest BCUT2D eigenvalue weighted by Gasteiger charge is -2.08. The number of hydrogen-bond donors (Lipinski definition) is 1. The number of hydrogen-bond acceptors (Lipinski definition) is 5. The molecular formula is C12H13N3O3. The smallest absolute Gasteiger partial charge is 0.295 e. The van der Waals surface area contributed by atoms with Gasteiger partial charge in [-0.3, -0.25) is 10.1 Å². The number of benzene rings is 1. The van der Waals surface area contributed by atoms with E-state index >= 15 is 0 Å². The molecule has 18 heavy (non-hydrogen) atoms. The molecule has 0 radical (unpaired) electrons. The maximum Gasteiger partial charge on any atom is 0.295 e. The molecule has 1 heterocycles. The minimum atomic E-state index is -0.422. The quantitative estimate of drug-likeness (QED) is 0.498. The number of nitro groups is 1. The Morgan fingerprint density at radius 3 is 3.00 bits per heavy atom. The molecule has 0 aliphatic rings. The summed E-state index contributed by atoms with van der Waals surface area (Å²) in [6.45, 7) is 1.21. The van der Waals surface area contributed by atoms with Crippen LogP contribution in [0.4, 0.5) is 11.4 Å². The third-order valence-corrected chi connectivity index (χ3v) is 2.57. The number of ether oxygens (including phenoxy) is 1. The van der Waals surface area contributed by atoms with Crippen LogP contribution < -0.4 is 5.32 Å². The van der Waals surface area contributed by atoms with Gasteiger partial charge in [0.25, 0.3) is 5.69 Å². The zero-order valence-electron chi connectivity index (χ0n) is 9.92. The summed E-state index contributed by atoms with van der Waals surface area (Å²) in [4.78, 5) is 14.6. The Kier molecular flexibility index (Phi) is 3.69. The average Bonchev–Trinajstić information content (AvgIpc) is 2.38. The van der Waals surface area contributed by atoms with E-state index in [4.69, 9.17) is 4.74 Å². The molecule has 94 valence electrons. The highest BCUT2D eigenvalue weighted by Crippen LogP contribution is 2.28. The summed E-state index contributed by atoms with van der Waals surface area (Å²) < 4.78 is 4.95. The molecular weight excluding hydrogens is 234 g/mol. The highest BCUT2D eigenvalue weighted by molar-refractivity contribution is 5.96. The minimum absolute atomic E-state index is 0.0166. The maximum absolute atomic E-state index is 10.9. The molecule has 0 amide bonds. The summed E-state index contributed by atoms with van der Waals surface area (Å²) in [6, 6.07) is 6.71. The van der Waals surface area contributed by atoms with Crippen molar-refractivity contribution in [1.29, 1.82) is 0 Å². The molecule has 2 rings (SSSR count). The summed E-state index contributed by atoms with van der Waals surface area (Å²) >= 11 is 0. The number of non-ortho nitro benzene ring substituents is 1. The van der Waals surface area contributed by atoms with E-state index in [-0.39, 0.29) is 5.69 Å². The molecule has 0 bridgehead atoms. The van der Waals surface area contributed by atoms with Gasteiger partial charge in [0.15, 0.2) is 0 Å². The first-order chi connectivity index (χ1) is 8.74. The van der Waals surface area contributed by atoms with Crippen molar-refractivity contribution in [2.75, 3.05) is 25.6 Å². The van der Waals surface area contributed by atoms with Crippen molar-refractivity contribution in [1.82, 2.24) is 4.98 Å². The summed E-state index contributed by atoms with van der Waals surface area (Å²) in [7, 11) is 1.62. The molecule has 0 unspecified atom stereocenters. The van der Waals surface area contributed by atoms with Crippen LogP contribution in [0.15, 0.2) is 30.5 Å². The molecule has 0 spiro atoms. The van der Waals surface area contributed by atoms with E-state index in [2.05, 4.69) is 10.3 Å². The van der Waals surface area contributed by atoms with Crippen molar-refractivity contribution >= 4 is 22.3 Å². The van der Waals surface area contributed by atoms with Crippen LogP contribution >= 0.6 is 0 Å². The molecule has 0 saturated heterocycles. The van der Waals surface area contributed by atoms with Crippen LogP contribution in [0.3, 0.4) is 0 Å². The number of anilines is 1. The van der Waals surface area contributed by atoms with Crippen LogP contribution in [-0.2, 0) is 4.74 Å². The van der Waals surface area contributed by atoms with Gasteiger partial charge in [-0.2, -0.15) is 0 Å². The lowest BCUT2D eigenvalue weighted by molar-refractivity contribution is -0.383. The lowest BCUT2D eigenvalue weighted by atomic mass is 10.1. The van der Waals surface area contributed by atoms with Gasteiger partial charge in [-0.25, -0.2) is 4.98 Å². The van der Waals surface area contributed by atoms with Crippen molar-refractivity contribution in [2.24, 2.45) is 0 Å². The molecule has 0 aliphatic heterocycles. The number of fused-ring (bicyclic) bond motifs is 1. The van der Waals surface area contributed by atoms with E-state index in [0.29, 0.717) is 18.7 Å². The van der Waals surface area contributed by atoms with Crippen molar-refractivity contribution in [2.45, 2.75) is 0 Å². The molecule has 0 aliphatic carbocycles. The zero-order chi connectivity index (χ0) is 13.0. The number of nitrogens with one attached hydrogen (secondary N) is 1. The highest BCUT2D eigenvalue weighted by Gasteiger charge is 2.13. The van der Waals surface area contributed by atoms with Crippen LogP contribution in [0, 0.1) is 10.1 Å². The fourth-order valence-corrected chi connectivity index (χ4v) is 1.75. The van der Waals surface area contributed by atoms with Gasteiger partial charge >= 0.3 is 0 Å². The monoisotopic (exact) mass is 247 g/mol. The second-order valence-electron chi connectivity index (χ2n) is 3.71. The van der Waals surface area contributed by atoms with E-state index < -0.39 is 4.92 Å². The Morgan fingerprint density at radius 1 is 1.44 bits per heavy atom. The maximum atomic E-state index is 10.9. The van der Waals surface area contributed by atoms with E-state index in [9.17, 15) is 10.1 Å². The van der Waals surface area contributed by atoms with Gasteiger partial charge < -0.3 is 10.1 Å². The molecule has 6 heteroatoms. The number of nitro benzene ring substituents is 1. The van der Waals surface area contributed by atoms with E-state index in [0.717, 1.165) is 11.1 Å². The van der Waals surface area contributed by atoms with Crippen LogP contribution in [0.1, 0.15) is 0 Å². The largest absolute Gasteiger partial charge is 0.383 e. The van der Waals surface area contributed by atoms with Crippen LogP contribution in [0.5, 0.6) is 0 Å². The third kappa shape index (κ3) is 2.38. The van der Waals surface area contributed by atoms with E-state index in [1.165, 1.54) is 6.07 Å². The number of aromatic nitrogens is 1. The fraction of sp³-hybridized carbons (Fsp3) is 0.250. The Hall–Kier alpha value is -2.21. The second-order valence-corrected chi connectivity index (χ2v) is 3.71. The topological polar surface area (TPSA) is 77.3 Å². The first kappa shape index (κ1) is 12.3. The predicted octanol–water partition coefficient (Wildman–Crippen LogP) is 2.20. The fourth-order valence-electron chi connectivity index (χ4n) is 1.75. The summed E-state index contributed by atoms with van der Waals surface area (Å²) in [5, 5.41) is 14.8. The van der Waals surface area contributed by atoms with Gasteiger partial charge in [0.2, 0.25) is 0 Å². The predicted molar refractivity (Wildman–Crippen MR) is 68.8 cm³/mol. The van der Waals surface area contributed by atoms with E-state index in [1.54, 1.807) is 25.4 Å². The van der Waals surface area contributed by atoms with Crippen molar-refractivity contribution in [3.05, 3.63) is 40.6 Å². The summed E-state index contributed by atoms with van der Waals surface area (Å²) in [6.07, 6.45) is 1.56. The van der Waals surface area contributed by atoms with Crippen molar-refractivity contribution < 1.29 is 9.66 Å². The first-order valence-electron chi connectivity index (χ1n) is 5.49. The summed E-state index contributed by atoms with van der Waals surface area (Å²) in [5.41, 5.74) is 1.23. The Morgan fingerprint density at radius 2 is 2.28 bits per heavy atom. The Bertz CT molecular complexity index is 571. The second kappa shape index (κ2) is 5.42. The molecule has 0 fully saturated rings. The SMILES string of the molecule is COCCNc1ccnc2c([N+](=O)[O-])cccc12. The standard InChI is InChI=1S/C12H13N3O3/c1-18-8-7-13-10-5-6-14-12-9(10)3-2-4-11(12)15(16)17/h2-6H,7-8H2,1H3,(H,13,14). The summed E-state index contributed by atoms with van der Waals surface area (Å²) in [5.74, 6) is 0. The number of rotatable bonds is 5.